The molecule has 11 heteroatoms. The van der Waals surface area contributed by atoms with Gasteiger partial charge in [0.05, 0.1) is 16.0 Å². The van der Waals surface area contributed by atoms with E-state index in [1.54, 1.807) is 12.3 Å². The number of hydrogen-bond acceptors (Lipinski definition) is 4. The number of imidazole rings is 1. The molecule has 1 aliphatic rings. The molecular formula is C20H17F6N3OS. The lowest BCUT2D eigenvalue weighted by Crippen LogP contribution is -2.44. The number of aromatic amines is 1. The molecule has 3 aromatic rings. The van der Waals surface area contributed by atoms with E-state index in [-0.39, 0.29) is 29.9 Å². The summed E-state index contributed by atoms with van der Waals surface area (Å²) in [4.78, 5) is 7.16. The van der Waals surface area contributed by atoms with E-state index in [2.05, 4.69) is 14.3 Å². The highest BCUT2D eigenvalue weighted by Gasteiger charge is 2.63. The molecule has 1 aromatic carbocycles. The summed E-state index contributed by atoms with van der Waals surface area (Å²) in [6.45, 7) is 0. The van der Waals surface area contributed by atoms with Crippen molar-refractivity contribution in [3.05, 3.63) is 59.8 Å². The highest BCUT2D eigenvalue weighted by Crippen LogP contribution is 2.59. The first-order valence-corrected chi connectivity index (χ1v) is 10.1. The summed E-state index contributed by atoms with van der Waals surface area (Å²) in [5.74, 6) is -0.237. The van der Waals surface area contributed by atoms with E-state index in [0.717, 1.165) is 4.88 Å². The number of H-pyrrole nitrogens is 1. The number of aliphatic hydroxyl groups is 1. The molecule has 166 valence electrons. The van der Waals surface area contributed by atoms with Crippen molar-refractivity contribution in [3.8, 4) is 10.4 Å². The van der Waals surface area contributed by atoms with Crippen molar-refractivity contribution in [2.24, 2.45) is 5.41 Å². The maximum Gasteiger partial charge on any atom is 0.421 e. The van der Waals surface area contributed by atoms with E-state index in [0.29, 0.717) is 5.56 Å². The number of hydrogen-bond donors (Lipinski definition) is 2. The maximum absolute atomic E-state index is 13.8. The van der Waals surface area contributed by atoms with Crippen LogP contribution >= 0.6 is 11.5 Å². The lowest BCUT2D eigenvalue weighted by molar-refractivity contribution is -0.266. The zero-order valence-corrected chi connectivity index (χ0v) is 16.7. The number of halogens is 6. The van der Waals surface area contributed by atoms with Crippen molar-refractivity contribution in [2.75, 3.05) is 0 Å². The summed E-state index contributed by atoms with van der Waals surface area (Å²) in [6, 6.07) is 6.97. The van der Waals surface area contributed by atoms with Gasteiger partial charge in [0.2, 0.25) is 0 Å². The van der Waals surface area contributed by atoms with E-state index in [4.69, 9.17) is 0 Å². The van der Waals surface area contributed by atoms with Gasteiger partial charge in [-0.05, 0) is 41.6 Å². The zero-order chi connectivity index (χ0) is 22.5. The van der Waals surface area contributed by atoms with E-state index in [1.807, 2.05) is 0 Å². The van der Waals surface area contributed by atoms with Crippen molar-refractivity contribution >= 4 is 11.5 Å². The van der Waals surface area contributed by atoms with Gasteiger partial charge < -0.3 is 10.1 Å². The van der Waals surface area contributed by atoms with E-state index < -0.39 is 36.2 Å². The number of benzene rings is 1. The average molecular weight is 461 g/mol. The fourth-order valence-electron chi connectivity index (χ4n) is 3.53. The minimum Gasteiger partial charge on any atom is -0.376 e. The molecule has 0 saturated heterocycles. The number of aromatic nitrogens is 3. The number of alkyl halides is 6. The predicted octanol–water partition coefficient (Wildman–Crippen LogP) is 5.41. The molecule has 1 unspecified atom stereocenters. The molecule has 0 radical (unpaired) electrons. The van der Waals surface area contributed by atoms with Gasteiger partial charge in [0, 0.05) is 25.2 Å². The van der Waals surface area contributed by atoms with Crippen LogP contribution < -0.4 is 0 Å². The van der Waals surface area contributed by atoms with Gasteiger partial charge in [-0.15, -0.1) is 0 Å². The number of nitrogens with one attached hydrogen (secondary N) is 1. The molecule has 4 rings (SSSR count). The first-order valence-electron chi connectivity index (χ1n) is 9.34. The second-order valence-corrected chi connectivity index (χ2v) is 8.62. The number of rotatable bonds is 6. The van der Waals surface area contributed by atoms with Gasteiger partial charge in [0.25, 0.3) is 0 Å². The fraction of sp³-hybridized carbons (Fsp3) is 0.400. The third kappa shape index (κ3) is 4.08. The second kappa shape index (κ2) is 7.33. The maximum atomic E-state index is 13.8. The molecule has 4 nitrogen and oxygen atoms in total. The molecule has 2 N–H and O–H groups in total. The van der Waals surface area contributed by atoms with Crippen LogP contribution in [0.2, 0.25) is 0 Å². The Morgan fingerprint density at radius 1 is 1.03 bits per heavy atom. The topological polar surface area (TPSA) is 61.8 Å². The van der Waals surface area contributed by atoms with Crippen LogP contribution in [0.4, 0.5) is 26.3 Å². The second-order valence-electron chi connectivity index (χ2n) is 7.78. The molecule has 1 fully saturated rings. The number of nitrogens with zero attached hydrogens (tertiary/aromatic N) is 2. The Hall–Kier alpha value is -2.40. The summed E-state index contributed by atoms with van der Waals surface area (Å²) >= 11 is 1.18. The zero-order valence-electron chi connectivity index (χ0n) is 15.9. The minimum absolute atomic E-state index is 0.0230. The third-order valence-electron chi connectivity index (χ3n) is 5.64. The Kier molecular flexibility index (Phi) is 5.16. The largest absolute Gasteiger partial charge is 0.421 e. The minimum atomic E-state index is -5.03. The first kappa shape index (κ1) is 21.8. The van der Waals surface area contributed by atoms with E-state index in [9.17, 15) is 31.4 Å². The molecule has 1 atom stereocenters. The van der Waals surface area contributed by atoms with Crippen molar-refractivity contribution < 1.29 is 31.4 Å². The van der Waals surface area contributed by atoms with Crippen LogP contribution in [-0.4, -0.2) is 31.8 Å². The Labute approximate surface area is 177 Å². The van der Waals surface area contributed by atoms with Crippen molar-refractivity contribution in [1.29, 1.82) is 0 Å². The van der Waals surface area contributed by atoms with E-state index >= 15 is 0 Å². The Morgan fingerprint density at radius 3 is 2.23 bits per heavy atom. The first-order chi connectivity index (χ1) is 14.4. The van der Waals surface area contributed by atoms with Crippen molar-refractivity contribution in [2.45, 2.75) is 43.6 Å². The third-order valence-corrected chi connectivity index (χ3v) is 6.43. The summed E-state index contributed by atoms with van der Waals surface area (Å²) in [7, 11) is 0. The normalized spacial score (nSPS) is 18.0. The summed E-state index contributed by atoms with van der Waals surface area (Å²) < 4.78 is 84.9. The van der Waals surface area contributed by atoms with Crippen LogP contribution in [0.15, 0.2) is 42.7 Å². The highest BCUT2D eigenvalue weighted by atomic mass is 32.1. The Balaban J connectivity index is 1.57. The van der Waals surface area contributed by atoms with Gasteiger partial charge in [-0.2, -0.15) is 26.3 Å². The molecular weight excluding hydrogens is 444 g/mol. The quantitative estimate of drug-likeness (QED) is 0.483. The Bertz CT molecular complexity index is 1040. The van der Waals surface area contributed by atoms with Gasteiger partial charge in [-0.1, -0.05) is 24.3 Å². The standard InChI is InChI=1S/C20H17F6N3OS/c21-19(22,23)17(6-7-17)9-14-11-27-16(29-14)10-18(30,20(24,25)26)13-3-1-12(2-4-13)15-5-8-28-31-15/h1-5,8,11,30H,6-7,9-10H2,(H,27,29). The SMILES string of the molecule is OC(Cc1nc(CC2(C(F)(F)F)CC2)c[nH]1)(c1ccc(-c2ccns2)cc1)C(F)(F)F. The monoisotopic (exact) mass is 461 g/mol. The van der Waals surface area contributed by atoms with Gasteiger partial charge in [0.1, 0.15) is 5.82 Å². The predicted molar refractivity (Wildman–Crippen MR) is 101 cm³/mol. The molecule has 2 heterocycles. The van der Waals surface area contributed by atoms with Gasteiger partial charge in [-0.3, -0.25) is 0 Å². The lowest BCUT2D eigenvalue weighted by atomic mass is 9.88. The van der Waals surface area contributed by atoms with Crippen molar-refractivity contribution in [3.63, 3.8) is 0 Å². The van der Waals surface area contributed by atoms with Crippen LogP contribution in [0.1, 0.15) is 29.9 Å². The molecule has 0 aliphatic heterocycles. The van der Waals surface area contributed by atoms with Gasteiger partial charge >= 0.3 is 12.4 Å². The fourth-order valence-corrected chi connectivity index (χ4v) is 4.13. The van der Waals surface area contributed by atoms with Crippen LogP contribution in [0.25, 0.3) is 10.4 Å². The average Bonchev–Trinajstić information content (AvgIpc) is 3.09. The molecule has 0 amide bonds. The van der Waals surface area contributed by atoms with Crippen LogP contribution in [0, 0.1) is 5.41 Å². The summed E-state index contributed by atoms with van der Waals surface area (Å²) in [5.41, 5.74) is -4.82. The molecule has 1 aliphatic carbocycles. The summed E-state index contributed by atoms with van der Waals surface area (Å²) in [5, 5.41) is 10.6. The van der Waals surface area contributed by atoms with Crippen LogP contribution in [-0.2, 0) is 18.4 Å². The molecule has 2 aromatic heterocycles. The van der Waals surface area contributed by atoms with Crippen molar-refractivity contribution in [1.82, 2.24) is 14.3 Å². The molecule has 0 bridgehead atoms. The van der Waals surface area contributed by atoms with Gasteiger partial charge in [-0.25, -0.2) is 9.36 Å². The highest BCUT2D eigenvalue weighted by molar-refractivity contribution is 7.09. The van der Waals surface area contributed by atoms with Gasteiger partial charge in [0.15, 0.2) is 5.60 Å². The summed E-state index contributed by atoms with van der Waals surface area (Å²) in [6.07, 6.45) is -8.09. The van der Waals surface area contributed by atoms with Crippen LogP contribution in [0.3, 0.4) is 0 Å². The Morgan fingerprint density at radius 2 is 1.71 bits per heavy atom. The molecule has 0 spiro atoms. The van der Waals surface area contributed by atoms with E-state index in [1.165, 1.54) is 42.0 Å². The molecule has 1 saturated carbocycles. The molecule has 31 heavy (non-hydrogen) atoms. The smallest absolute Gasteiger partial charge is 0.376 e. The van der Waals surface area contributed by atoms with Crippen LogP contribution in [0.5, 0.6) is 0 Å². The lowest BCUT2D eigenvalue weighted by Gasteiger charge is -2.30.